The van der Waals surface area contributed by atoms with E-state index in [4.69, 9.17) is 4.74 Å². The fourth-order valence-corrected chi connectivity index (χ4v) is 2.75. The lowest BCUT2D eigenvalue weighted by atomic mass is 9.85. The van der Waals surface area contributed by atoms with E-state index in [-0.39, 0.29) is 0 Å². The highest BCUT2D eigenvalue weighted by atomic mass is 16.5. The second-order valence-electron chi connectivity index (χ2n) is 5.79. The highest BCUT2D eigenvalue weighted by Gasteiger charge is 2.23. The summed E-state index contributed by atoms with van der Waals surface area (Å²) in [6.45, 7) is 7.31. The normalized spacial score (nSPS) is 22.6. The summed E-state index contributed by atoms with van der Waals surface area (Å²) < 4.78 is 6.15. The quantitative estimate of drug-likeness (QED) is 0.855. The summed E-state index contributed by atoms with van der Waals surface area (Å²) in [4.78, 5) is 8.81. The number of ether oxygens (including phenoxy) is 1. The van der Waals surface area contributed by atoms with Crippen LogP contribution in [0.4, 0.5) is 5.95 Å². The molecule has 1 aromatic rings. The van der Waals surface area contributed by atoms with E-state index in [1.807, 2.05) is 13.1 Å². The van der Waals surface area contributed by atoms with E-state index in [0.717, 1.165) is 43.2 Å². The number of hydrogen-bond donors (Lipinski definition) is 1. The van der Waals surface area contributed by atoms with Gasteiger partial charge in [-0.05, 0) is 38.5 Å². The monoisotopic (exact) mass is 277 g/mol. The number of nitrogens with zero attached hydrogens (tertiary/aromatic N) is 2. The summed E-state index contributed by atoms with van der Waals surface area (Å²) >= 11 is 0. The predicted molar refractivity (Wildman–Crippen MR) is 82.2 cm³/mol. The van der Waals surface area contributed by atoms with E-state index < -0.39 is 0 Å². The maximum Gasteiger partial charge on any atom is 0.225 e. The van der Waals surface area contributed by atoms with Gasteiger partial charge in [0.2, 0.25) is 11.8 Å². The molecule has 0 spiro atoms. The Morgan fingerprint density at radius 1 is 1.35 bits per heavy atom. The summed E-state index contributed by atoms with van der Waals surface area (Å²) in [5.41, 5.74) is 1.02. The first-order valence-electron chi connectivity index (χ1n) is 7.97. The van der Waals surface area contributed by atoms with Crippen LogP contribution in [0.3, 0.4) is 0 Å². The van der Waals surface area contributed by atoms with Gasteiger partial charge in [-0.25, -0.2) is 4.98 Å². The van der Waals surface area contributed by atoms with Crippen molar-refractivity contribution in [3.63, 3.8) is 0 Å². The Labute approximate surface area is 122 Å². The van der Waals surface area contributed by atoms with Gasteiger partial charge in [-0.1, -0.05) is 26.7 Å². The van der Waals surface area contributed by atoms with E-state index in [2.05, 4.69) is 29.1 Å². The molecule has 1 heterocycles. The van der Waals surface area contributed by atoms with Crippen molar-refractivity contribution >= 4 is 5.95 Å². The predicted octanol–water partition coefficient (Wildman–Crippen LogP) is 3.95. The van der Waals surface area contributed by atoms with Crippen LogP contribution in [0.15, 0.2) is 6.20 Å². The molecule has 0 bridgehead atoms. The molecule has 1 N–H and O–H groups in total. The Hall–Kier alpha value is -1.32. The van der Waals surface area contributed by atoms with Crippen LogP contribution >= 0.6 is 0 Å². The molecule has 1 aliphatic carbocycles. The lowest BCUT2D eigenvalue weighted by molar-refractivity contribution is 0.116. The standard InChI is InChI=1S/C16H27N3O/c1-4-9-17-16-18-11-12(3)15(19-16)20-14-8-6-7-13(5-2)10-14/h11,13-14H,4-10H2,1-3H3,(H,17,18,19). The largest absolute Gasteiger partial charge is 0.474 e. The Morgan fingerprint density at radius 3 is 2.95 bits per heavy atom. The molecule has 1 aromatic heterocycles. The molecule has 112 valence electrons. The lowest BCUT2D eigenvalue weighted by Gasteiger charge is -2.29. The summed E-state index contributed by atoms with van der Waals surface area (Å²) in [7, 11) is 0. The number of nitrogens with one attached hydrogen (secondary N) is 1. The van der Waals surface area contributed by atoms with Crippen LogP contribution in [-0.2, 0) is 0 Å². The van der Waals surface area contributed by atoms with Crippen LogP contribution in [0.2, 0.25) is 0 Å². The van der Waals surface area contributed by atoms with E-state index in [0.29, 0.717) is 12.1 Å². The van der Waals surface area contributed by atoms with E-state index in [1.54, 1.807) is 0 Å². The van der Waals surface area contributed by atoms with Gasteiger partial charge in [-0.15, -0.1) is 0 Å². The summed E-state index contributed by atoms with van der Waals surface area (Å²) in [5.74, 6) is 2.24. The van der Waals surface area contributed by atoms with Crippen LogP contribution in [0.1, 0.15) is 57.9 Å². The molecule has 0 aliphatic heterocycles. The van der Waals surface area contributed by atoms with E-state index >= 15 is 0 Å². The fraction of sp³-hybridized carbons (Fsp3) is 0.750. The van der Waals surface area contributed by atoms with Gasteiger partial charge < -0.3 is 10.1 Å². The Kier molecular flexibility index (Phi) is 5.62. The molecule has 2 unspecified atom stereocenters. The molecule has 0 amide bonds. The lowest BCUT2D eigenvalue weighted by Crippen LogP contribution is -2.26. The zero-order valence-electron chi connectivity index (χ0n) is 13.0. The van der Waals surface area contributed by atoms with Gasteiger partial charge in [0.1, 0.15) is 6.10 Å². The molecule has 0 radical (unpaired) electrons. The third kappa shape index (κ3) is 4.09. The third-order valence-electron chi connectivity index (χ3n) is 4.05. The van der Waals surface area contributed by atoms with Gasteiger partial charge in [-0.2, -0.15) is 4.98 Å². The van der Waals surface area contributed by atoms with Gasteiger partial charge in [0.05, 0.1) is 0 Å². The number of anilines is 1. The van der Waals surface area contributed by atoms with Gasteiger partial charge in [-0.3, -0.25) is 0 Å². The number of aromatic nitrogens is 2. The second kappa shape index (κ2) is 7.46. The Balaban J connectivity index is 2.00. The maximum absolute atomic E-state index is 6.15. The molecule has 2 atom stereocenters. The molecular formula is C16H27N3O. The van der Waals surface area contributed by atoms with Gasteiger partial charge in [0.25, 0.3) is 0 Å². The van der Waals surface area contributed by atoms with Crippen LogP contribution in [-0.4, -0.2) is 22.6 Å². The molecule has 4 heteroatoms. The summed E-state index contributed by atoms with van der Waals surface area (Å²) in [6.07, 6.45) is 9.42. The van der Waals surface area contributed by atoms with Crippen molar-refractivity contribution in [2.24, 2.45) is 5.92 Å². The smallest absolute Gasteiger partial charge is 0.225 e. The maximum atomic E-state index is 6.15. The highest BCUT2D eigenvalue weighted by Crippen LogP contribution is 2.30. The molecule has 1 aliphatic rings. The van der Waals surface area contributed by atoms with Crippen molar-refractivity contribution < 1.29 is 4.74 Å². The SMILES string of the molecule is CCCNc1ncc(C)c(OC2CCCC(CC)C2)n1. The first-order valence-corrected chi connectivity index (χ1v) is 7.97. The highest BCUT2D eigenvalue weighted by molar-refractivity contribution is 5.32. The number of hydrogen-bond acceptors (Lipinski definition) is 4. The Morgan fingerprint density at radius 2 is 2.20 bits per heavy atom. The molecule has 20 heavy (non-hydrogen) atoms. The van der Waals surface area contributed by atoms with Crippen molar-refractivity contribution in [1.82, 2.24) is 9.97 Å². The first-order chi connectivity index (χ1) is 9.72. The molecule has 4 nitrogen and oxygen atoms in total. The molecular weight excluding hydrogens is 250 g/mol. The minimum absolute atomic E-state index is 0.321. The molecule has 2 rings (SSSR count). The first kappa shape index (κ1) is 15.1. The van der Waals surface area contributed by atoms with E-state index in [9.17, 15) is 0 Å². The second-order valence-corrected chi connectivity index (χ2v) is 5.79. The van der Waals surface area contributed by atoms with Gasteiger partial charge >= 0.3 is 0 Å². The molecule has 0 saturated heterocycles. The third-order valence-corrected chi connectivity index (χ3v) is 4.05. The minimum Gasteiger partial charge on any atom is -0.474 e. The number of aryl methyl sites for hydroxylation is 1. The fourth-order valence-electron chi connectivity index (χ4n) is 2.75. The molecule has 0 aromatic carbocycles. The van der Waals surface area contributed by atoms with Crippen LogP contribution in [0, 0.1) is 12.8 Å². The number of rotatable bonds is 6. The van der Waals surface area contributed by atoms with Gasteiger partial charge in [0, 0.05) is 18.3 Å². The van der Waals surface area contributed by atoms with Gasteiger partial charge in [0.15, 0.2) is 0 Å². The topological polar surface area (TPSA) is 47.0 Å². The van der Waals surface area contributed by atoms with Crippen molar-refractivity contribution in [2.75, 3.05) is 11.9 Å². The zero-order valence-corrected chi connectivity index (χ0v) is 13.0. The summed E-state index contributed by atoms with van der Waals surface area (Å²) in [6, 6.07) is 0. The molecule has 1 fully saturated rings. The van der Waals surface area contributed by atoms with Crippen LogP contribution in [0.25, 0.3) is 0 Å². The van der Waals surface area contributed by atoms with Crippen molar-refractivity contribution in [3.05, 3.63) is 11.8 Å². The van der Waals surface area contributed by atoms with Crippen LogP contribution in [0.5, 0.6) is 5.88 Å². The molecule has 1 saturated carbocycles. The average Bonchev–Trinajstić information content (AvgIpc) is 2.48. The van der Waals surface area contributed by atoms with Crippen LogP contribution < -0.4 is 10.1 Å². The van der Waals surface area contributed by atoms with Crippen molar-refractivity contribution in [1.29, 1.82) is 0 Å². The Bertz CT molecular complexity index is 422. The van der Waals surface area contributed by atoms with Crippen molar-refractivity contribution in [2.45, 2.75) is 65.4 Å². The zero-order chi connectivity index (χ0) is 14.4. The summed E-state index contributed by atoms with van der Waals surface area (Å²) in [5, 5.41) is 3.22. The average molecular weight is 277 g/mol. The minimum atomic E-state index is 0.321. The van der Waals surface area contributed by atoms with Crippen molar-refractivity contribution in [3.8, 4) is 5.88 Å². The van der Waals surface area contributed by atoms with E-state index in [1.165, 1.54) is 19.3 Å².